The monoisotopic (exact) mass is 303 g/mol. The van der Waals surface area contributed by atoms with E-state index in [4.69, 9.17) is 0 Å². The van der Waals surface area contributed by atoms with Crippen molar-refractivity contribution in [3.05, 3.63) is 24.3 Å². The summed E-state index contributed by atoms with van der Waals surface area (Å²) >= 11 is 0. The Bertz CT molecular complexity index is 471. The van der Waals surface area contributed by atoms with E-state index in [1.54, 1.807) is 0 Å². The summed E-state index contributed by atoms with van der Waals surface area (Å²) in [6, 6.07) is 4.73. The Balaban J connectivity index is 1.83. The Morgan fingerprint density at radius 3 is 2.38 bits per heavy atom. The van der Waals surface area contributed by atoms with Gasteiger partial charge in [-0.05, 0) is 50.2 Å². The van der Waals surface area contributed by atoms with Crippen molar-refractivity contribution in [2.45, 2.75) is 25.2 Å². The van der Waals surface area contributed by atoms with Gasteiger partial charge in [0, 0.05) is 11.7 Å². The molecule has 0 aliphatic carbocycles. The second-order valence-electron chi connectivity index (χ2n) is 4.69. The Labute approximate surface area is 119 Å². The van der Waals surface area contributed by atoms with Crippen LogP contribution in [0.15, 0.2) is 24.3 Å². The Morgan fingerprint density at radius 2 is 1.81 bits per heavy atom. The predicted molar refractivity (Wildman–Crippen MR) is 71.2 cm³/mol. The fraction of sp³-hybridized carbons (Fsp3) is 0.462. The SMILES string of the molecule is O=C(Nc1ccc(OC(F)(F)F)cc1)NC1CCNCC1. The summed E-state index contributed by atoms with van der Waals surface area (Å²) in [6.07, 6.45) is -3.01. The molecule has 1 aliphatic rings. The first kappa shape index (κ1) is 15.4. The molecule has 0 bridgehead atoms. The van der Waals surface area contributed by atoms with Crippen LogP contribution in [-0.4, -0.2) is 31.5 Å². The number of carbonyl (C=O) groups excluding carboxylic acids is 1. The highest BCUT2D eigenvalue weighted by atomic mass is 19.4. The topological polar surface area (TPSA) is 62.4 Å². The Kier molecular flexibility index (Phi) is 4.89. The normalized spacial score (nSPS) is 16.3. The molecular formula is C13H16F3N3O2. The molecule has 5 nitrogen and oxygen atoms in total. The summed E-state index contributed by atoms with van der Waals surface area (Å²) in [5.74, 6) is -0.327. The molecule has 1 aliphatic heterocycles. The van der Waals surface area contributed by atoms with Gasteiger partial charge in [0.1, 0.15) is 5.75 Å². The number of nitrogens with one attached hydrogen (secondary N) is 3. The van der Waals surface area contributed by atoms with E-state index >= 15 is 0 Å². The van der Waals surface area contributed by atoms with Crippen LogP contribution in [0, 0.1) is 0 Å². The van der Waals surface area contributed by atoms with E-state index in [1.165, 1.54) is 12.1 Å². The molecule has 0 saturated carbocycles. The van der Waals surface area contributed by atoms with Crippen molar-refractivity contribution >= 4 is 11.7 Å². The minimum absolute atomic E-state index is 0.110. The quantitative estimate of drug-likeness (QED) is 0.804. The molecular weight excluding hydrogens is 287 g/mol. The van der Waals surface area contributed by atoms with Crippen LogP contribution in [0.5, 0.6) is 5.75 Å². The van der Waals surface area contributed by atoms with Crippen molar-refractivity contribution in [1.82, 2.24) is 10.6 Å². The summed E-state index contributed by atoms with van der Waals surface area (Å²) in [6.45, 7) is 1.71. The largest absolute Gasteiger partial charge is 0.573 e. The van der Waals surface area contributed by atoms with Crippen LogP contribution in [0.3, 0.4) is 0 Å². The van der Waals surface area contributed by atoms with Crippen LogP contribution < -0.4 is 20.7 Å². The maximum atomic E-state index is 12.0. The second-order valence-corrected chi connectivity index (χ2v) is 4.69. The Morgan fingerprint density at radius 1 is 1.19 bits per heavy atom. The number of ether oxygens (including phenoxy) is 1. The van der Waals surface area contributed by atoms with Gasteiger partial charge >= 0.3 is 12.4 Å². The molecule has 21 heavy (non-hydrogen) atoms. The average Bonchev–Trinajstić information content (AvgIpc) is 2.40. The molecule has 1 saturated heterocycles. The van der Waals surface area contributed by atoms with Gasteiger partial charge < -0.3 is 20.7 Å². The van der Waals surface area contributed by atoms with Gasteiger partial charge in [0.05, 0.1) is 0 Å². The third kappa shape index (κ3) is 5.50. The smallest absolute Gasteiger partial charge is 0.406 e. The van der Waals surface area contributed by atoms with Gasteiger partial charge in [0.15, 0.2) is 0 Å². The van der Waals surface area contributed by atoms with Gasteiger partial charge in [-0.2, -0.15) is 0 Å². The maximum Gasteiger partial charge on any atom is 0.573 e. The number of benzene rings is 1. The number of carbonyl (C=O) groups is 1. The number of rotatable bonds is 3. The van der Waals surface area contributed by atoms with E-state index in [9.17, 15) is 18.0 Å². The molecule has 0 radical (unpaired) electrons. The summed E-state index contributed by atoms with van der Waals surface area (Å²) in [5.41, 5.74) is 0.399. The molecule has 116 valence electrons. The van der Waals surface area contributed by atoms with E-state index in [0.29, 0.717) is 5.69 Å². The van der Waals surface area contributed by atoms with E-state index in [-0.39, 0.29) is 17.8 Å². The van der Waals surface area contributed by atoms with Crippen molar-refractivity contribution in [2.24, 2.45) is 0 Å². The van der Waals surface area contributed by atoms with Crippen LogP contribution in [0.1, 0.15) is 12.8 Å². The number of hydrogen-bond acceptors (Lipinski definition) is 3. The van der Waals surface area contributed by atoms with E-state index < -0.39 is 6.36 Å². The second kappa shape index (κ2) is 6.66. The molecule has 1 aromatic rings. The fourth-order valence-corrected chi connectivity index (χ4v) is 2.06. The van der Waals surface area contributed by atoms with E-state index in [0.717, 1.165) is 38.1 Å². The van der Waals surface area contributed by atoms with Gasteiger partial charge in [-0.15, -0.1) is 13.2 Å². The molecule has 1 aromatic carbocycles. The first-order valence-electron chi connectivity index (χ1n) is 6.56. The number of alkyl halides is 3. The third-order valence-electron chi connectivity index (χ3n) is 3.02. The van der Waals surface area contributed by atoms with E-state index in [2.05, 4.69) is 20.7 Å². The zero-order valence-corrected chi connectivity index (χ0v) is 11.2. The van der Waals surface area contributed by atoms with Crippen LogP contribution in [0.2, 0.25) is 0 Å². The molecule has 0 aromatic heterocycles. The highest BCUT2D eigenvalue weighted by Gasteiger charge is 2.30. The number of amides is 2. The predicted octanol–water partition coefficient (Wildman–Crippen LogP) is 2.46. The minimum Gasteiger partial charge on any atom is -0.406 e. The van der Waals surface area contributed by atoms with Crippen LogP contribution in [-0.2, 0) is 0 Å². The molecule has 0 unspecified atom stereocenters. The van der Waals surface area contributed by atoms with Crippen molar-refractivity contribution in [3.8, 4) is 5.75 Å². The molecule has 0 atom stereocenters. The van der Waals surface area contributed by atoms with Crippen molar-refractivity contribution in [3.63, 3.8) is 0 Å². The summed E-state index contributed by atoms with van der Waals surface area (Å²) in [4.78, 5) is 11.7. The van der Waals surface area contributed by atoms with Crippen molar-refractivity contribution < 1.29 is 22.7 Å². The lowest BCUT2D eigenvalue weighted by molar-refractivity contribution is -0.274. The summed E-state index contributed by atoms with van der Waals surface area (Å²) in [7, 11) is 0. The lowest BCUT2D eigenvalue weighted by Crippen LogP contribution is -2.44. The van der Waals surface area contributed by atoms with Gasteiger partial charge in [-0.25, -0.2) is 4.79 Å². The maximum absolute atomic E-state index is 12.0. The Hall–Kier alpha value is -1.96. The van der Waals surface area contributed by atoms with Gasteiger partial charge in [-0.3, -0.25) is 0 Å². The zero-order valence-electron chi connectivity index (χ0n) is 11.2. The highest BCUT2D eigenvalue weighted by Crippen LogP contribution is 2.23. The zero-order chi connectivity index (χ0) is 15.3. The number of hydrogen-bond donors (Lipinski definition) is 3. The first-order valence-corrected chi connectivity index (χ1v) is 6.56. The molecule has 1 fully saturated rings. The number of halogens is 3. The molecule has 8 heteroatoms. The lowest BCUT2D eigenvalue weighted by atomic mass is 10.1. The van der Waals surface area contributed by atoms with E-state index in [1.807, 2.05) is 0 Å². The number of piperidine rings is 1. The molecule has 0 spiro atoms. The highest BCUT2D eigenvalue weighted by molar-refractivity contribution is 5.89. The summed E-state index contributed by atoms with van der Waals surface area (Å²) < 4.78 is 39.8. The van der Waals surface area contributed by atoms with Crippen LogP contribution in [0.25, 0.3) is 0 Å². The lowest BCUT2D eigenvalue weighted by Gasteiger charge is -2.23. The number of anilines is 1. The van der Waals surface area contributed by atoms with Crippen LogP contribution in [0.4, 0.5) is 23.7 Å². The standard InChI is InChI=1S/C13H16F3N3O2/c14-13(15,16)21-11-3-1-9(2-4-11)18-12(20)19-10-5-7-17-8-6-10/h1-4,10,17H,5-8H2,(H2,18,19,20). The molecule has 3 N–H and O–H groups in total. The van der Waals surface area contributed by atoms with Gasteiger partial charge in [0.2, 0.25) is 0 Å². The fourth-order valence-electron chi connectivity index (χ4n) is 2.06. The molecule has 1 heterocycles. The average molecular weight is 303 g/mol. The number of urea groups is 1. The summed E-state index contributed by atoms with van der Waals surface area (Å²) in [5, 5.41) is 8.58. The third-order valence-corrected chi connectivity index (χ3v) is 3.02. The van der Waals surface area contributed by atoms with Gasteiger partial charge in [0.25, 0.3) is 0 Å². The van der Waals surface area contributed by atoms with Crippen molar-refractivity contribution in [2.75, 3.05) is 18.4 Å². The van der Waals surface area contributed by atoms with Crippen LogP contribution >= 0.6 is 0 Å². The first-order chi connectivity index (χ1) is 9.92. The molecule has 2 rings (SSSR count). The van der Waals surface area contributed by atoms with Crippen molar-refractivity contribution in [1.29, 1.82) is 0 Å². The molecule has 2 amide bonds. The minimum atomic E-state index is -4.72. The van der Waals surface area contributed by atoms with Gasteiger partial charge in [-0.1, -0.05) is 0 Å².